The summed E-state index contributed by atoms with van der Waals surface area (Å²) in [5.41, 5.74) is 26.6. The van der Waals surface area contributed by atoms with E-state index < -0.39 is 0 Å². The molecule has 0 saturated heterocycles. The van der Waals surface area contributed by atoms with Crippen LogP contribution in [-0.2, 0) is 0 Å². The van der Waals surface area contributed by atoms with Gasteiger partial charge in [-0.25, -0.2) is 4.85 Å². The van der Waals surface area contributed by atoms with Gasteiger partial charge in [-0.15, -0.1) is 0 Å². The van der Waals surface area contributed by atoms with E-state index in [0.717, 1.165) is 105 Å². The fraction of sp³-hybridized carbons (Fsp3) is 0.0685. The first-order chi connectivity index (χ1) is 37.6. The molecule has 2 heterocycles. The van der Waals surface area contributed by atoms with Crippen molar-refractivity contribution in [2.24, 2.45) is 0 Å². The highest BCUT2D eigenvalue weighted by Crippen LogP contribution is 2.46. The SMILES string of the molecule is [C-]#[N+]c1ccc(-n2c3ccc(-c4cccc(C)c4)cc3c3cc(-c4cccc(C)c4)ccc32)c(-c2ccc(-c3ccc(C#N)cc3C)cc2-n2c3ccc(-c4cccc(C)c4)cc3c3cc(-c4cccc(C)c4)ccc32)c1. The van der Waals surface area contributed by atoms with Crippen LogP contribution in [0.5, 0.6) is 0 Å². The van der Waals surface area contributed by atoms with Crippen molar-refractivity contribution in [3.63, 3.8) is 0 Å². The molecule has 0 saturated carbocycles. The Morgan fingerprint density at radius 2 is 0.727 bits per heavy atom. The van der Waals surface area contributed by atoms with Crippen molar-refractivity contribution in [1.82, 2.24) is 9.13 Å². The Bertz CT molecular complexity index is 4450. The lowest BCUT2D eigenvalue weighted by atomic mass is 9.93. The van der Waals surface area contributed by atoms with E-state index in [1.807, 2.05) is 18.2 Å². The predicted molar refractivity (Wildman–Crippen MR) is 322 cm³/mol. The molecule has 0 unspecified atom stereocenters. The molecule has 0 aliphatic heterocycles. The second kappa shape index (κ2) is 18.7. The van der Waals surface area contributed by atoms with Crippen LogP contribution in [0.4, 0.5) is 5.69 Å². The summed E-state index contributed by atoms with van der Waals surface area (Å²) in [5.74, 6) is 0. The Hall–Kier alpha value is -10.0. The maximum Gasteiger partial charge on any atom is 0.188 e. The van der Waals surface area contributed by atoms with Crippen molar-refractivity contribution < 1.29 is 0 Å². The molecular weight excluding hydrogens is 933 g/mol. The van der Waals surface area contributed by atoms with E-state index >= 15 is 0 Å². The van der Waals surface area contributed by atoms with Crippen LogP contribution in [0.3, 0.4) is 0 Å². The summed E-state index contributed by atoms with van der Waals surface area (Å²) in [4.78, 5) is 4.09. The zero-order valence-corrected chi connectivity index (χ0v) is 43.7. The van der Waals surface area contributed by atoms with Gasteiger partial charge in [0.05, 0.1) is 51.6 Å². The maximum absolute atomic E-state index is 9.92. The molecule has 0 fully saturated rings. The highest BCUT2D eigenvalue weighted by atomic mass is 15.0. The van der Waals surface area contributed by atoms with E-state index in [-0.39, 0.29) is 0 Å². The summed E-state index contributed by atoms with van der Waals surface area (Å²) >= 11 is 0. The topological polar surface area (TPSA) is 38.0 Å². The first kappa shape index (κ1) is 46.8. The second-order valence-electron chi connectivity index (χ2n) is 20.8. The van der Waals surface area contributed by atoms with Gasteiger partial charge in [-0.05, 0) is 180 Å². The summed E-state index contributed by atoms with van der Waals surface area (Å²) in [6.07, 6.45) is 0. The minimum absolute atomic E-state index is 0.554. The van der Waals surface area contributed by atoms with Gasteiger partial charge in [0.2, 0.25) is 0 Å². The zero-order chi connectivity index (χ0) is 52.5. The van der Waals surface area contributed by atoms with Gasteiger partial charge in [-0.2, -0.15) is 5.26 Å². The standard InChI is InChI=1S/C73H52N4/c1-45-11-7-15-51(33-45)55-21-28-68-63(38-55)64-39-56(52-16-8-12-46(2)34-52)22-29-69(64)76(68)72-32-25-60(75-6)43-67(72)62-27-20-59(61-26-19-50(44-74)37-49(61)5)42-73(62)77-70-30-23-57(53-17-9-13-47(3)35-53)40-65(70)66-41-58(24-31-71(66)77)54-18-10-14-48(4)36-54/h7-43H,1-5H3. The molecule has 0 atom stereocenters. The summed E-state index contributed by atoms with van der Waals surface area (Å²) in [6, 6.07) is 83.7. The summed E-state index contributed by atoms with van der Waals surface area (Å²) in [7, 11) is 0. The lowest BCUT2D eigenvalue weighted by Crippen LogP contribution is -2.02. The average molecular weight is 985 g/mol. The number of nitriles is 1. The third-order valence-corrected chi connectivity index (χ3v) is 15.5. The van der Waals surface area contributed by atoms with Crippen LogP contribution >= 0.6 is 0 Å². The number of fused-ring (bicyclic) bond motifs is 6. The van der Waals surface area contributed by atoms with E-state index in [1.54, 1.807) is 0 Å². The van der Waals surface area contributed by atoms with Crippen LogP contribution in [0.1, 0.15) is 33.4 Å². The molecule has 13 aromatic rings. The molecule has 0 spiro atoms. The number of hydrogen-bond acceptors (Lipinski definition) is 1. The van der Waals surface area contributed by atoms with Gasteiger partial charge < -0.3 is 9.13 Å². The Morgan fingerprint density at radius 1 is 0.338 bits per heavy atom. The molecule has 364 valence electrons. The summed E-state index contributed by atoms with van der Waals surface area (Å²) in [6.45, 7) is 19.1. The Labute approximate surface area is 449 Å². The van der Waals surface area contributed by atoms with Gasteiger partial charge in [-0.1, -0.05) is 168 Å². The number of aromatic nitrogens is 2. The molecule has 11 aromatic carbocycles. The minimum Gasteiger partial charge on any atom is -0.309 e. The molecule has 0 amide bonds. The molecule has 13 rings (SSSR count). The highest BCUT2D eigenvalue weighted by Gasteiger charge is 2.24. The average Bonchev–Trinajstić information content (AvgIpc) is 4.19. The maximum atomic E-state index is 9.92. The molecule has 2 aromatic heterocycles. The van der Waals surface area contributed by atoms with Crippen LogP contribution in [-0.4, -0.2) is 9.13 Å². The summed E-state index contributed by atoms with van der Waals surface area (Å²) < 4.78 is 4.84. The van der Waals surface area contributed by atoms with E-state index in [4.69, 9.17) is 6.57 Å². The molecule has 4 heteroatoms. The van der Waals surface area contributed by atoms with Gasteiger partial charge in [0, 0.05) is 27.1 Å². The zero-order valence-electron chi connectivity index (χ0n) is 43.7. The van der Waals surface area contributed by atoms with Crippen LogP contribution in [0.15, 0.2) is 224 Å². The van der Waals surface area contributed by atoms with Crippen LogP contribution in [0, 0.1) is 52.5 Å². The molecule has 0 aliphatic rings. The first-order valence-corrected chi connectivity index (χ1v) is 26.2. The van der Waals surface area contributed by atoms with Gasteiger partial charge in [0.15, 0.2) is 5.69 Å². The number of nitrogens with zero attached hydrogens (tertiary/aromatic N) is 4. The normalized spacial score (nSPS) is 11.4. The van der Waals surface area contributed by atoms with Crippen molar-refractivity contribution in [1.29, 1.82) is 5.26 Å². The molecule has 0 radical (unpaired) electrons. The van der Waals surface area contributed by atoms with E-state index in [0.29, 0.717) is 11.3 Å². The van der Waals surface area contributed by atoms with E-state index in [9.17, 15) is 5.26 Å². The van der Waals surface area contributed by atoms with Crippen LogP contribution < -0.4 is 0 Å². The van der Waals surface area contributed by atoms with Crippen LogP contribution in [0.2, 0.25) is 0 Å². The number of aryl methyl sites for hydroxylation is 5. The molecule has 0 N–H and O–H groups in total. The third-order valence-electron chi connectivity index (χ3n) is 15.5. The summed E-state index contributed by atoms with van der Waals surface area (Å²) in [5, 5.41) is 14.5. The first-order valence-electron chi connectivity index (χ1n) is 26.2. The minimum atomic E-state index is 0.554. The Kier molecular flexibility index (Phi) is 11.4. The molecule has 0 bridgehead atoms. The van der Waals surface area contributed by atoms with Gasteiger partial charge in [0.1, 0.15) is 0 Å². The number of hydrogen-bond donors (Lipinski definition) is 0. The van der Waals surface area contributed by atoms with E-state index in [1.165, 1.54) is 44.5 Å². The molecule has 4 nitrogen and oxygen atoms in total. The Morgan fingerprint density at radius 3 is 1.12 bits per heavy atom. The van der Waals surface area contributed by atoms with Gasteiger partial charge in [-0.3, -0.25) is 0 Å². The fourth-order valence-electron chi connectivity index (χ4n) is 11.8. The molecule has 0 aliphatic carbocycles. The van der Waals surface area contributed by atoms with E-state index in [2.05, 4.69) is 261 Å². The van der Waals surface area contributed by atoms with Crippen LogP contribution in [0.25, 0.3) is 127 Å². The lowest BCUT2D eigenvalue weighted by Gasteiger charge is -2.21. The third kappa shape index (κ3) is 8.25. The van der Waals surface area contributed by atoms with Crippen molar-refractivity contribution in [2.45, 2.75) is 34.6 Å². The number of rotatable bonds is 8. The number of benzene rings is 11. The van der Waals surface area contributed by atoms with Crippen molar-refractivity contribution in [3.8, 4) is 84.2 Å². The lowest BCUT2D eigenvalue weighted by molar-refractivity contribution is 1.16. The van der Waals surface area contributed by atoms with Gasteiger partial charge in [0.25, 0.3) is 0 Å². The smallest absolute Gasteiger partial charge is 0.188 e. The Balaban J connectivity index is 1.12. The van der Waals surface area contributed by atoms with Crippen molar-refractivity contribution in [3.05, 3.63) is 269 Å². The molecule has 77 heavy (non-hydrogen) atoms. The quantitative estimate of drug-likeness (QED) is 0.140. The van der Waals surface area contributed by atoms with Crippen molar-refractivity contribution in [2.75, 3.05) is 0 Å². The van der Waals surface area contributed by atoms with Crippen molar-refractivity contribution >= 4 is 49.3 Å². The fourth-order valence-corrected chi connectivity index (χ4v) is 11.8. The van der Waals surface area contributed by atoms with Gasteiger partial charge >= 0.3 is 0 Å². The largest absolute Gasteiger partial charge is 0.309 e. The second-order valence-corrected chi connectivity index (χ2v) is 20.8. The highest BCUT2D eigenvalue weighted by molar-refractivity contribution is 6.14. The molecular formula is C73H52N4. The predicted octanol–water partition coefficient (Wildman–Crippen LogP) is 19.8. The monoisotopic (exact) mass is 984 g/mol.